The molecule has 1 aromatic rings. The number of aryl methyl sites for hydroxylation is 1. The molecule has 0 saturated carbocycles. The lowest BCUT2D eigenvalue weighted by atomic mass is 10.1. The molecule has 0 bridgehead atoms. The molecule has 0 N–H and O–H groups in total. The summed E-state index contributed by atoms with van der Waals surface area (Å²) < 4.78 is 22.4. The van der Waals surface area contributed by atoms with Gasteiger partial charge in [-0.2, -0.15) is 5.26 Å². The van der Waals surface area contributed by atoms with Crippen LogP contribution in [0.1, 0.15) is 11.1 Å². The summed E-state index contributed by atoms with van der Waals surface area (Å²) in [5.74, 6) is 0. The smallest absolute Gasteiger partial charge is 0.258 e. The van der Waals surface area contributed by atoms with Gasteiger partial charge < -0.3 is 0 Å². The fourth-order valence-corrected chi connectivity index (χ4v) is 2.69. The van der Waals surface area contributed by atoms with Crippen LogP contribution in [0.2, 0.25) is 0 Å². The SMILES string of the molecule is Cc1ccc([N+](=O)[O-])c(C#N)c1S(=O)(=O)Cl. The van der Waals surface area contributed by atoms with Gasteiger partial charge in [0, 0.05) is 16.7 Å². The first kappa shape index (κ1) is 12.4. The van der Waals surface area contributed by atoms with Crippen molar-refractivity contribution in [2.24, 2.45) is 0 Å². The van der Waals surface area contributed by atoms with Gasteiger partial charge in [0.2, 0.25) is 0 Å². The van der Waals surface area contributed by atoms with Gasteiger partial charge in [0.15, 0.2) is 0 Å². The lowest BCUT2D eigenvalue weighted by molar-refractivity contribution is -0.385. The molecule has 6 nitrogen and oxygen atoms in total. The van der Waals surface area contributed by atoms with Crippen molar-refractivity contribution in [3.63, 3.8) is 0 Å². The highest BCUT2D eigenvalue weighted by atomic mass is 35.7. The maximum absolute atomic E-state index is 11.2. The number of nitrogens with zero attached hydrogens (tertiary/aromatic N) is 2. The van der Waals surface area contributed by atoms with Crippen molar-refractivity contribution in [2.75, 3.05) is 0 Å². The fourth-order valence-electron chi connectivity index (χ4n) is 1.25. The molecule has 0 aliphatic rings. The van der Waals surface area contributed by atoms with Crippen molar-refractivity contribution in [3.05, 3.63) is 33.4 Å². The fraction of sp³-hybridized carbons (Fsp3) is 0.125. The Kier molecular flexibility index (Phi) is 3.16. The van der Waals surface area contributed by atoms with E-state index in [1.54, 1.807) is 0 Å². The largest absolute Gasteiger partial charge is 0.288 e. The number of benzene rings is 1. The van der Waals surface area contributed by atoms with E-state index in [2.05, 4.69) is 0 Å². The van der Waals surface area contributed by atoms with E-state index in [9.17, 15) is 18.5 Å². The van der Waals surface area contributed by atoms with Gasteiger partial charge in [-0.3, -0.25) is 10.1 Å². The van der Waals surface area contributed by atoms with E-state index in [1.807, 2.05) is 0 Å². The van der Waals surface area contributed by atoms with Gasteiger partial charge in [-0.1, -0.05) is 6.07 Å². The van der Waals surface area contributed by atoms with E-state index >= 15 is 0 Å². The summed E-state index contributed by atoms with van der Waals surface area (Å²) in [6.45, 7) is 1.40. The molecule has 0 unspecified atom stereocenters. The Morgan fingerprint density at radius 3 is 2.44 bits per heavy atom. The molecule has 0 atom stereocenters. The van der Waals surface area contributed by atoms with Crippen molar-refractivity contribution in [2.45, 2.75) is 11.8 Å². The molecule has 0 saturated heterocycles. The zero-order valence-corrected chi connectivity index (χ0v) is 9.54. The van der Waals surface area contributed by atoms with Crippen LogP contribution in [0.15, 0.2) is 17.0 Å². The minimum atomic E-state index is -4.19. The van der Waals surface area contributed by atoms with Crippen LogP contribution in [-0.2, 0) is 9.05 Å². The first-order valence-corrected chi connectivity index (χ1v) is 6.22. The van der Waals surface area contributed by atoms with Crippen LogP contribution in [-0.4, -0.2) is 13.3 Å². The standard InChI is InChI=1S/C8H5ClN2O4S/c1-5-2-3-7(11(12)13)6(4-10)8(5)16(9,14)15/h2-3H,1H3. The quantitative estimate of drug-likeness (QED) is 0.457. The van der Waals surface area contributed by atoms with Gasteiger partial charge in [0.05, 0.1) is 4.92 Å². The van der Waals surface area contributed by atoms with Crippen LogP contribution in [0.4, 0.5) is 5.69 Å². The van der Waals surface area contributed by atoms with Crippen LogP contribution in [0.25, 0.3) is 0 Å². The number of nitro benzene ring substituents is 1. The van der Waals surface area contributed by atoms with Crippen LogP contribution in [0.5, 0.6) is 0 Å². The minimum absolute atomic E-state index is 0.192. The summed E-state index contributed by atoms with van der Waals surface area (Å²) in [4.78, 5) is 9.25. The highest BCUT2D eigenvalue weighted by molar-refractivity contribution is 8.13. The van der Waals surface area contributed by atoms with E-state index in [-0.39, 0.29) is 5.56 Å². The molecule has 8 heteroatoms. The minimum Gasteiger partial charge on any atom is -0.258 e. The molecule has 1 aromatic carbocycles. The third-order valence-electron chi connectivity index (χ3n) is 1.88. The van der Waals surface area contributed by atoms with Gasteiger partial charge >= 0.3 is 0 Å². The second-order valence-corrected chi connectivity index (χ2v) is 5.42. The molecule has 0 aliphatic carbocycles. The molecule has 0 aliphatic heterocycles. The molecule has 16 heavy (non-hydrogen) atoms. The number of hydrogen-bond acceptors (Lipinski definition) is 5. The van der Waals surface area contributed by atoms with Gasteiger partial charge in [-0.05, 0) is 12.5 Å². The Morgan fingerprint density at radius 2 is 2.06 bits per heavy atom. The van der Waals surface area contributed by atoms with Crippen molar-refractivity contribution >= 4 is 25.4 Å². The lowest BCUT2D eigenvalue weighted by Gasteiger charge is -2.04. The number of hydrogen-bond donors (Lipinski definition) is 0. The Hall–Kier alpha value is -1.65. The van der Waals surface area contributed by atoms with Crippen LogP contribution in [0, 0.1) is 28.4 Å². The summed E-state index contributed by atoms with van der Waals surface area (Å²) in [6.07, 6.45) is 0. The molecule has 0 fully saturated rings. The molecule has 0 aromatic heterocycles. The predicted molar refractivity (Wildman–Crippen MR) is 55.6 cm³/mol. The van der Waals surface area contributed by atoms with E-state index in [1.165, 1.54) is 19.1 Å². The molecule has 0 heterocycles. The number of rotatable bonds is 2. The molecule has 0 radical (unpaired) electrons. The second kappa shape index (κ2) is 4.08. The van der Waals surface area contributed by atoms with Gasteiger partial charge in [0.1, 0.15) is 16.5 Å². The first-order valence-electron chi connectivity index (χ1n) is 3.91. The van der Waals surface area contributed by atoms with Gasteiger partial charge in [0.25, 0.3) is 14.7 Å². The van der Waals surface area contributed by atoms with Gasteiger partial charge in [-0.15, -0.1) is 0 Å². The Bertz CT molecular complexity index is 603. The van der Waals surface area contributed by atoms with E-state index in [0.29, 0.717) is 0 Å². The summed E-state index contributed by atoms with van der Waals surface area (Å²) in [7, 11) is 0.936. The Labute approximate surface area is 95.6 Å². The number of nitriles is 1. The van der Waals surface area contributed by atoms with E-state index in [4.69, 9.17) is 15.9 Å². The Balaban J connectivity index is 3.81. The zero-order chi connectivity index (χ0) is 12.5. The average Bonchev–Trinajstić information content (AvgIpc) is 2.14. The van der Waals surface area contributed by atoms with Crippen molar-refractivity contribution in [1.29, 1.82) is 5.26 Å². The van der Waals surface area contributed by atoms with Crippen LogP contribution >= 0.6 is 10.7 Å². The molecular formula is C8H5ClN2O4S. The summed E-state index contributed by atoms with van der Waals surface area (Å²) in [5, 5.41) is 19.3. The van der Waals surface area contributed by atoms with E-state index < -0.39 is 30.1 Å². The van der Waals surface area contributed by atoms with Gasteiger partial charge in [-0.25, -0.2) is 8.42 Å². The Morgan fingerprint density at radius 1 is 1.50 bits per heavy atom. The highest BCUT2D eigenvalue weighted by Gasteiger charge is 2.26. The second-order valence-electron chi connectivity index (χ2n) is 2.91. The molecule has 84 valence electrons. The third-order valence-corrected chi connectivity index (χ3v) is 3.36. The first-order chi connectivity index (χ1) is 7.29. The number of nitro groups is 1. The predicted octanol–water partition coefficient (Wildman–Crippen LogP) is 1.70. The summed E-state index contributed by atoms with van der Waals surface area (Å²) in [6, 6.07) is 3.79. The summed E-state index contributed by atoms with van der Waals surface area (Å²) in [5.41, 5.74) is -0.926. The average molecular weight is 261 g/mol. The van der Waals surface area contributed by atoms with Crippen LogP contribution in [0.3, 0.4) is 0 Å². The summed E-state index contributed by atoms with van der Waals surface area (Å²) >= 11 is 0. The van der Waals surface area contributed by atoms with Crippen LogP contribution < -0.4 is 0 Å². The normalized spacial score (nSPS) is 10.8. The van der Waals surface area contributed by atoms with E-state index in [0.717, 1.165) is 6.07 Å². The molecular weight excluding hydrogens is 256 g/mol. The molecule has 0 amide bonds. The van der Waals surface area contributed by atoms with Crippen molar-refractivity contribution in [3.8, 4) is 6.07 Å². The molecule has 1 rings (SSSR count). The topological polar surface area (TPSA) is 101 Å². The maximum Gasteiger partial charge on any atom is 0.288 e. The molecule has 0 spiro atoms. The highest BCUT2D eigenvalue weighted by Crippen LogP contribution is 2.30. The van der Waals surface area contributed by atoms with Crippen molar-refractivity contribution in [1.82, 2.24) is 0 Å². The van der Waals surface area contributed by atoms with Crippen molar-refractivity contribution < 1.29 is 13.3 Å². The zero-order valence-electron chi connectivity index (χ0n) is 7.97. The maximum atomic E-state index is 11.2. The third kappa shape index (κ3) is 2.13. The number of halogens is 1. The monoisotopic (exact) mass is 260 g/mol. The lowest BCUT2D eigenvalue weighted by Crippen LogP contribution is -2.02.